The quantitative estimate of drug-likeness (QED) is 0.672. The molecule has 0 heterocycles. The summed E-state index contributed by atoms with van der Waals surface area (Å²) in [6.07, 6.45) is 8.47. The van der Waals surface area contributed by atoms with E-state index in [4.69, 9.17) is 11.6 Å². The van der Waals surface area contributed by atoms with Crippen LogP contribution in [0.1, 0.15) is 38.5 Å². The van der Waals surface area contributed by atoms with Gasteiger partial charge in [-0.3, -0.25) is 4.90 Å². The van der Waals surface area contributed by atoms with E-state index in [1.807, 2.05) is 0 Å². The van der Waals surface area contributed by atoms with Crippen molar-refractivity contribution in [3.63, 3.8) is 0 Å². The van der Waals surface area contributed by atoms with E-state index in [1.54, 1.807) is 0 Å². The van der Waals surface area contributed by atoms with Crippen molar-refractivity contribution in [3.05, 3.63) is 0 Å². The Morgan fingerprint density at radius 1 is 1.18 bits per heavy atom. The number of halogens is 1. The summed E-state index contributed by atoms with van der Waals surface area (Å²) in [4.78, 5) is 2.39. The molecule has 0 aliphatic heterocycles. The van der Waals surface area contributed by atoms with Crippen molar-refractivity contribution in [3.8, 4) is 0 Å². The fraction of sp³-hybridized carbons (Fsp3) is 1.00. The molecule has 5 heteroatoms. The van der Waals surface area contributed by atoms with Crippen LogP contribution >= 0.6 is 11.6 Å². The molecule has 102 valence electrons. The average molecular weight is 282 g/mol. The van der Waals surface area contributed by atoms with Gasteiger partial charge in [0.25, 0.3) is 0 Å². The highest BCUT2D eigenvalue weighted by Gasteiger charge is 2.20. The van der Waals surface area contributed by atoms with E-state index in [9.17, 15) is 8.42 Å². The van der Waals surface area contributed by atoms with Gasteiger partial charge in [0.2, 0.25) is 0 Å². The number of nitrogens with zero attached hydrogens (tertiary/aromatic N) is 1. The van der Waals surface area contributed by atoms with Gasteiger partial charge >= 0.3 is 0 Å². The standard InChI is InChI=1S/C12H24ClNO2S/c1-17(15,16)11-5-9-14(10-8-13)12-6-3-2-4-7-12/h12H,2-11H2,1H3. The van der Waals surface area contributed by atoms with Crippen molar-refractivity contribution in [1.82, 2.24) is 4.90 Å². The van der Waals surface area contributed by atoms with Crippen LogP contribution < -0.4 is 0 Å². The molecule has 0 spiro atoms. The summed E-state index contributed by atoms with van der Waals surface area (Å²) in [6.45, 7) is 1.75. The normalized spacial score (nSPS) is 18.8. The van der Waals surface area contributed by atoms with E-state index < -0.39 is 9.84 Å². The summed E-state index contributed by atoms with van der Waals surface area (Å²) in [5.74, 6) is 0.924. The first kappa shape index (κ1) is 15.3. The second-order valence-electron chi connectivity index (χ2n) is 5.00. The molecule has 1 rings (SSSR count). The lowest BCUT2D eigenvalue weighted by Gasteiger charge is -2.33. The van der Waals surface area contributed by atoms with E-state index in [-0.39, 0.29) is 0 Å². The predicted molar refractivity (Wildman–Crippen MR) is 73.5 cm³/mol. The molecule has 1 fully saturated rings. The van der Waals surface area contributed by atoms with Crippen LogP contribution in [0.4, 0.5) is 0 Å². The number of hydrogen-bond acceptors (Lipinski definition) is 3. The first-order valence-electron chi connectivity index (χ1n) is 6.50. The summed E-state index contributed by atoms with van der Waals surface area (Å²) >= 11 is 5.82. The highest BCUT2D eigenvalue weighted by atomic mass is 35.5. The molecule has 3 nitrogen and oxygen atoms in total. The first-order valence-corrected chi connectivity index (χ1v) is 9.10. The monoisotopic (exact) mass is 281 g/mol. The molecule has 1 saturated carbocycles. The topological polar surface area (TPSA) is 37.4 Å². The Morgan fingerprint density at radius 3 is 2.35 bits per heavy atom. The van der Waals surface area contributed by atoms with Gasteiger partial charge in [0.15, 0.2) is 0 Å². The third kappa shape index (κ3) is 6.63. The molecule has 0 radical (unpaired) electrons. The Balaban J connectivity index is 2.36. The van der Waals surface area contributed by atoms with Crippen LogP contribution in [0.2, 0.25) is 0 Å². The van der Waals surface area contributed by atoms with E-state index in [1.165, 1.54) is 38.4 Å². The maximum absolute atomic E-state index is 11.1. The Kier molecular flexibility index (Phi) is 6.82. The summed E-state index contributed by atoms with van der Waals surface area (Å²) in [5.41, 5.74) is 0. The van der Waals surface area contributed by atoms with Crippen LogP contribution in [-0.4, -0.2) is 50.3 Å². The third-order valence-corrected chi connectivity index (χ3v) is 4.62. The molecule has 0 atom stereocenters. The Labute approximate surface area is 110 Å². The molecule has 0 N–H and O–H groups in total. The molecular formula is C12H24ClNO2S. The maximum Gasteiger partial charge on any atom is 0.147 e. The fourth-order valence-electron chi connectivity index (χ4n) is 2.56. The first-order chi connectivity index (χ1) is 8.03. The smallest absolute Gasteiger partial charge is 0.147 e. The van der Waals surface area contributed by atoms with Crippen molar-refractivity contribution < 1.29 is 8.42 Å². The second-order valence-corrected chi connectivity index (χ2v) is 7.64. The summed E-state index contributed by atoms with van der Waals surface area (Å²) in [7, 11) is -2.83. The van der Waals surface area contributed by atoms with Crippen molar-refractivity contribution in [1.29, 1.82) is 0 Å². The van der Waals surface area contributed by atoms with Gasteiger partial charge in [-0.15, -0.1) is 11.6 Å². The van der Waals surface area contributed by atoms with Gasteiger partial charge in [0.05, 0.1) is 5.75 Å². The molecule has 0 aromatic rings. The van der Waals surface area contributed by atoms with Crippen LogP contribution in [0.3, 0.4) is 0 Å². The van der Waals surface area contributed by atoms with Crippen molar-refractivity contribution in [2.24, 2.45) is 0 Å². The second kappa shape index (κ2) is 7.59. The molecule has 0 aromatic carbocycles. The molecule has 0 aromatic heterocycles. The molecule has 0 unspecified atom stereocenters. The van der Waals surface area contributed by atoms with Gasteiger partial charge in [-0.05, 0) is 25.8 Å². The Hall–Kier alpha value is 0.200. The largest absolute Gasteiger partial charge is 0.299 e. The fourth-order valence-corrected chi connectivity index (χ4v) is 3.43. The zero-order valence-electron chi connectivity index (χ0n) is 10.7. The van der Waals surface area contributed by atoms with Gasteiger partial charge in [-0.25, -0.2) is 8.42 Å². The minimum Gasteiger partial charge on any atom is -0.299 e. The SMILES string of the molecule is CS(=O)(=O)CCCN(CCCl)C1CCCCC1. The van der Waals surface area contributed by atoms with Crippen molar-refractivity contribution in [2.75, 3.05) is 31.0 Å². The van der Waals surface area contributed by atoms with Crippen LogP contribution in [-0.2, 0) is 9.84 Å². The molecule has 0 bridgehead atoms. The van der Waals surface area contributed by atoms with Gasteiger partial charge in [-0.1, -0.05) is 19.3 Å². The van der Waals surface area contributed by atoms with E-state index in [2.05, 4.69) is 4.90 Å². The van der Waals surface area contributed by atoms with Gasteiger partial charge in [0, 0.05) is 24.7 Å². The van der Waals surface area contributed by atoms with Crippen LogP contribution in [0, 0.1) is 0 Å². The molecule has 1 aliphatic rings. The van der Waals surface area contributed by atoms with E-state index >= 15 is 0 Å². The Morgan fingerprint density at radius 2 is 1.82 bits per heavy atom. The molecule has 0 saturated heterocycles. The predicted octanol–water partition coefficient (Wildman–Crippen LogP) is 2.29. The van der Waals surface area contributed by atoms with E-state index in [0.717, 1.165) is 19.5 Å². The number of alkyl halides is 1. The number of rotatable bonds is 7. The van der Waals surface area contributed by atoms with Crippen molar-refractivity contribution >= 4 is 21.4 Å². The van der Waals surface area contributed by atoms with Crippen LogP contribution in [0.15, 0.2) is 0 Å². The molecular weight excluding hydrogens is 258 g/mol. The van der Waals surface area contributed by atoms with Gasteiger partial charge in [0.1, 0.15) is 9.84 Å². The van der Waals surface area contributed by atoms with Crippen LogP contribution in [0.25, 0.3) is 0 Å². The summed E-state index contributed by atoms with van der Waals surface area (Å²) in [5, 5.41) is 0. The lowest BCUT2D eigenvalue weighted by atomic mass is 9.94. The van der Waals surface area contributed by atoms with E-state index in [0.29, 0.717) is 17.7 Å². The zero-order valence-corrected chi connectivity index (χ0v) is 12.3. The third-order valence-electron chi connectivity index (χ3n) is 3.42. The number of hydrogen-bond donors (Lipinski definition) is 0. The van der Waals surface area contributed by atoms with Crippen molar-refractivity contribution in [2.45, 2.75) is 44.6 Å². The molecule has 0 amide bonds. The molecule has 17 heavy (non-hydrogen) atoms. The van der Waals surface area contributed by atoms with Gasteiger partial charge in [-0.2, -0.15) is 0 Å². The Bertz CT molecular complexity index is 300. The summed E-state index contributed by atoms with van der Waals surface area (Å²) < 4.78 is 22.2. The lowest BCUT2D eigenvalue weighted by molar-refractivity contribution is 0.165. The maximum atomic E-state index is 11.1. The minimum absolute atomic E-state index is 0.290. The summed E-state index contributed by atoms with van der Waals surface area (Å²) in [6, 6.07) is 0.627. The highest BCUT2D eigenvalue weighted by molar-refractivity contribution is 7.90. The van der Waals surface area contributed by atoms with Gasteiger partial charge < -0.3 is 0 Å². The average Bonchev–Trinajstić information content (AvgIpc) is 2.27. The zero-order chi connectivity index (χ0) is 12.7. The molecule has 1 aliphatic carbocycles. The minimum atomic E-state index is -2.83. The number of sulfone groups is 1. The highest BCUT2D eigenvalue weighted by Crippen LogP contribution is 2.22. The lowest BCUT2D eigenvalue weighted by Crippen LogP contribution is -2.39. The van der Waals surface area contributed by atoms with Crippen LogP contribution in [0.5, 0.6) is 0 Å².